The lowest BCUT2D eigenvalue weighted by Crippen LogP contribution is -2.54. The first-order chi connectivity index (χ1) is 13.7. The van der Waals surface area contributed by atoms with Crippen molar-refractivity contribution in [3.63, 3.8) is 0 Å². The van der Waals surface area contributed by atoms with E-state index in [1.807, 2.05) is 24.3 Å². The summed E-state index contributed by atoms with van der Waals surface area (Å²) in [6.07, 6.45) is 5.06. The van der Waals surface area contributed by atoms with Gasteiger partial charge in [0.05, 0.1) is 25.4 Å². The zero-order valence-corrected chi connectivity index (χ0v) is 16.2. The Kier molecular flexibility index (Phi) is 4.75. The Hall–Kier alpha value is -2.08. The van der Waals surface area contributed by atoms with Gasteiger partial charge < -0.3 is 19.3 Å². The van der Waals surface area contributed by atoms with Crippen LogP contribution in [0.15, 0.2) is 24.3 Å². The van der Waals surface area contributed by atoms with Crippen LogP contribution in [0.3, 0.4) is 0 Å². The average Bonchev–Trinajstić information content (AvgIpc) is 3.36. The highest BCUT2D eigenvalue weighted by Gasteiger charge is 2.42. The van der Waals surface area contributed by atoms with Gasteiger partial charge in [-0.25, -0.2) is 0 Å². The van der Waals surface area contributed by atoms with Crippen LogP contribution >= 0.6 is 0 Å². The van der Waals surface area contributed by atoms with Gasteiger partial charge in [0.1, 0.15) is 5.75 Å². The molecule has 4 aliphatic rings. The van der Waals surface area contributed by atoms with Gasteiger partial charge in [-0.1, -0.05) is 18.6 Å². The molecule has 6 nitrogen and oxygen atoms in total. The SMILES string of the molecule is O=C(C1CN(C(=O)CC2CC3CCC2C3)c2ccccc2O1)N1CCOCC1. The lowest BCUT2D eigenvalue weighted by Gasteiger charge is -2.38. The monoisotopic (exact) mass is 384 g/mol. The Bertz CT molecular complexity index is 761. The van der Waals surface area contributed by atoms with Crippen LogP contribution < -0.4 is 9.64 Å². The lowest BCUT2D eigenvalue weighted by molar-refractivity contribution is -0.142. The molecule has 2 amide bonds. The predicted octanol–water partition coefficient (Wildman–Crippen LogP) is 2.47. The van der Waals surface area contributed by atoms with E-state index in [0.29, 0.717) is 50.9 Å². The second-order valence-electron chi connectivity index (χ2n) is 8.66. The second kappa shape index (κ2) is 7.39. The van der Waals surface area contributed by atoms with E-state index in [2.05, 4.69) is 0 Å². The van der Waals surface area contributed by atoms with Crippen LogP contribution in [0.5, 0.6) is 5.75 Å². The quantitative estimate of drug-likeness (QED) is 0.803. The molecule has 150 valence electrons. The summed E-state index contributed by atoms with van der Waals surface area (Å²) in [4.78, 5) is 29.8. The van der Waals surface area contributed by atoms with Gasteiger partial charge in [-0.15, -0.1) is 0 Å². The standard InChI is InChI=1S/C22H28N2O4/c25-21(13-17-12-15-5-6-16(17)11-15)24-14-20(22(26)23-7-9-27-10-8-23)28-19-4-2-1-3-18(19)24/h1-4,15-17,20H,5-14H2. The summed E-state index contributed by atoms with van der Waals surface area (Å²) in [5.41, 5.74) is 0.793. The summed E-state index contributed by atoms with van der Waals surface area (Å²) < 4.78 is 11.4. The van der Waals surface area contributed by atoms with Gasteiger partial charge in [0, 0.05) is 19.5 Å². The highest BCUT2D eigenvalue weighted by atomic mass is 16.5. The normalized spacial score (nSPS) is 31.4. The molecule has 4 unspecified atom stereocenters. The number of anilines is 1. The van der Waals surface area contributed by atoms with Crippen LogP contribution in [-0.2, 0) is 14.3 Å². The van der Waals surface area contributed by atoms with E-state index >= 15 is 0 Å². The maximum Gasteiger partial charge on any atom is 0.265 e. The maximum atomic E-state index is 13.3. The number of amides is 2. The zero-order valence-electron chi connectivity index (χ0n) is 16.2. The van der Waals surface area contributed by atoms with Crippen molar-refractivity contribution < 1.29 is 19.1 Å². The van der Waals surface area contributed by atoms with Crippen LogP contribution in [0.1, 0.15) is 32.1 Å². The number of nitrogens with zero attached hydrogens (tertiary/aromatic N) is 2. The van der Waals surface area contributed by atoms with E-state index in [0.717, 1.165) is 17.5 Å². The van der Waals surface area contributed by atoms with E-state index in [4.69, 9.17) is 9.47 Å². The molecule has 0 N–H and O–H groups in total. The van der Waals surface area contributed by atoms with Crippen LogP contribution in [0.2, 0.25) is 0 Å². The molecule has 28 heavy (non-hydrogen) atoms. The van der Waals surface area contributed by atoms with Gasteiger partial charge in [-0.2, -0.15) is 0 Å². The first-order valence-electron chi connectivity index (χ1n) is 10.6. The minimum atomic E-state index is -0.642. The van der Waals surface area contributed by atoms with Crippen LogP contribution in [0.25, 0.3) is 0 Å². The number of carbonyl (C=O) groups is 2. The average molecular weight is 384 g/mol. The van der Waals surface area contributed by atoms with Gasteiger partial charge in [-0.3, -0.25) is 9.59 Å². The third-order valence-electron chi connectivity index (χ3n) is 6.99. The van der Waals surface area contributed by atoms with Gasteiger partial charge in [-0.05, 0) is 49.1 Å². The minimum Gasteiger partial charge on any atom is -0.476 e. The molecule has 0 spiro atoms. The Morgan fingerprint density at radius 1 is 1.07 bits per heavy atom. The molecule has 2 saturated carbocycles. The fourth-order valence-electron chi connectivity index (χ4n) is 5.55. The molecule has 2 aliphatic heterocycles. The number of carbonyl (C=O) groups excluding carboxylic acids is 2. The molecule has 2 heterocycles. The fourth-order valence-corrected chi connectivity index (χ4v) is 5.55. The molecule has 3 fully saturated rings. The largest absolute Gasteiger partial charge is 0.476 e. The molecular weight excluding hydrogens is 356 g/mol. The first kappa shape index (κ1) is 18.0. The number of hydrogen-bond acceptors (Lipinski definition) is 4. The summed E-state index contributed by atoms with van der Waals surface area (Å²) in [6, 6.07) is 7.58. The van der Waals surface area contributed by atoms with E-state index in [9.17, 15) is 9.59 Å². The summed E-state index contributed by atoms with van der Waals surface area (Å²) in [5.74, 6) is 2.77. The molecule has 0 radical (unpaired) electrons. The van der Waals surface area contributed by atoms with E-state index < -0.39 is 6.10 Å². The number of para-hydroxylation sites is 2. The summed E-state index contributed by atoms with van der Waals surface area (Å²) in [7, 11) is 0. The number of ether oxygens (including phenoxy) is 2. The molecule has 1 saturated heterocycles. The molecular formula is C22H28N2O4. The minimum absolute atomic E-state index is 0.0458. The molecule has 6 heteroatoms. The van der Waals surface area contributed by atoms with Crippen molar-refractivity contribution in [1.29, 1.82) is 0 Å². The van der Waals surface area contributed by atoms with Gasteiger partial charge in [0.25, 0.3) is 5.91 Å². The molecule has 1 aromatic carbocycles. The number of rotatable bonds is 3. The lowest BCUT2D eigenvalue weighted by atomic mass is 9.86. The van der Waals surface area contributed by atoms with Gasteiger partial charge in [0.2, 0.25) is 5.91 Å². The third-order valence-corrected chi connectivity index (χ3v) is 6.99. The van der Waals surface area contributed by atoms with E-state index in [1.54, 1.807) is 9.80 Å². The topological polar surface area (TPSA) is 59.1 Å². The first-order valence-corrected chi connectivity index (χ1v) is 10.6. The Morgan fingerprint density at radius 2 is 1.89 bits per heavy atom. The Labute approximate surface area is 165 Å². The Morgan fingerprint density at radius 3 is 2.64 bits per heavy atom. The van der Waals surface area contributed by atoms with Crippen LogP contribution in [0.4, 0.5) is 5.69 Å². The van der Waals surface area contributed by atoms with Crippen molar-refractivity contribution in [3.8, 4) is 5.75 Å². The number of hydrogen-bond donors (Lipinski definition) is 0. The smallest absolute Gasteiger partial charge is 0.265 e. The van der Waals surface area contributed by atoms with Crippen molar-refractivity contribution in [2.24, 2.45) is 17.8 Å². The van der Waals surface area contributed by atoms with Crippen molar-refractivity contribution >= 4 is 17.5 Å². The highest BCUT2D eigenvalue weighted by Crippen LogP contribution is 2.50. The van der Waals surface area contributed by atoms with Crippen molar-refractivity contribution in [1.82, 2.24) is 4.90 Å². The van der Waals surface area contributed by atoms with Gasteiger partial charge >= 0.3 is 0 Å². The summed E-state index contributed by atoms with van der Waals surface area (Å²) >= 11 is 0. The second-order valence-corrected chi connectivity index (χ2v) is 8.66. The third kappa shape index (κ3) is 3.28. The molecule has 1 aromatic rings. The molecule has 4 atom stereocenters. The number of benzene rings is 1. The van der Waals surface area contributed by atoms with E-state index in [1.165, 1.54) is 25.7 Å². The molecule has 2 aliphatic carbocycles. The highest BCUT2D eigenvalue weighted by molar-refractivity contribution is 5.97. The summed E-state index contributed by atoms with van der Waals surface area (Å²) in [5, 5.41) is 0. The summed E-state index contributed by atoms with van der Waals surface area (Å²) in [6.45, 7) is 2.58. The Balaban J connectivity index is 1.33. The molecule has 5 rings (SSSR count). The molecule has 0 aromatic heterocycles. The van der Waals surface area contributed by atoms with Crippen molar-refractivity contribution in [2.45, 2.75) is 38.2 Å². The van der Waals surface area contributed by atoms with E-state index in [-0.39, 0.29) is 11.8 Å². The van der Waals surface area contributed by atoms with Crippen LogP contribution in [-0.4, -0.2) is 55.7 Å². The number of morpholine rings is 1. The van der Waals surface area contributed by atoms with Crippen molar-refractivity contribution in [3.05, 3.63) is 24.3 Å². The zero-order chi connectivity index (χ0) is 19.1. The predicted molar refractivity (Wildman–Crippen MR) is 104 cm³/mol. The molecule has 2 bridgehead atoms. The van der Waals surface area contributed by atoms with Crippen LogP contribution in [0, 0.1) is 17.8 Å². The maximum absolute atomic E-state index is 13.3. The van der Waals surface area contributed by atoms with Gasteiger partial charge in [0.15, 0.2) is 6.10 Å². The van der Waals surface area contributed by atoms with Crippen molar-refractivity contribution in [2.75, 3.05) is 37.7 Å². The number of fused-ring (bicyclic) bond motifs is 3. The fraction of sp³-hybridized carbons (Fsp3) is 0.636.